The van der Waals surface area contributed by atoms with Crippen molar-refractivity contribution in [2.24, 2.45) is 4.99 Å². The van der Waals surface area contributed by atoms with Crippen molar-refractivity contribution in [2.75, 3.05) is 17.7 Å². The number of aryl methyl sites for hydroxylation is 1. The van der Waals surface area contributed by atoms with Gasteiger partial charge in [0.2, 0.25) is 5.91 Å². The number of rotatable bonds is 5. The van der Waals surface area contributed by atoms with Crippen LogP contribution in [0.2, 0.25) is 0 Å². The lowest BCUT2D eigenvalue weighted by atomic mass is 9.99. The third kappa shape index (κ3) is 3.95. The predicted molar refractivity (Wildman–Crippen MR) is 114 cm³/mol. The number of aromatic nitrogens is 3. The lowest BCUT2D eigenvalue weighted by molar-refractivity contribution is -0.116. The molecule has 2 amide bonds. The van der Waals surface area contributed by atoms with Crippen molar-refractivity contribution in [1.29, 1.82) is 0 Å². The number of amides is 2. The minimum absolute atomic E-state index is 0.0458. The van der Waals surface area contributed by atoms with Crippen molar-refractivity contribution >= 4 is 40.2 Å². The van der Waals surface area contributed by atoms with E-state index in [1.807, 2.05) is 30.5 Å². The number of hydrogen-bond acceptors (Lipinski definition) is 6. The third-order valence-corrected chi connectivity index (χ3v) is 5.56. The minimum atomic E-state index is -0.240. The fourth-order valence-corrected chi connectivity index (χ4v) is 3.90. The molecule has 0 unspecified atom stereocenters. The summed E-state index contributed by atoms with van der Waals surface area (Å²) in [6.07, 6.45) is 4.50. The van der Waals surface area contributed by atoms with Crippen LogP contribution in [-0.4, -0.2) is 39.8 Å². The first kappa shape index (κ1) is 19.0. The highest BCUT2D eigenvalue weighted by Crippen LogP contribution is 2.30. The van der Waals surface area contributed by atoms with E-state index < -0.39 is 0 Å². The van der Waals surface area contributed by atoms with Crippen molar-refractivity contribution in [3.63, 3.8) is 0 Å². The molecule has 1 aromatic carbocycles. The molecule has 0 bridgehead atoms. The summed E-state index contributed by atoms with van der Waals surface area (Å²) in [7, 11) is 1.70. The normalized spacial score (nSPS) is 13.4. The summed E-state index contributed by atoms with van der Waals surface area (Å²) in [5.41, 5.74) is 4.98. The molecule has 2 aromatic heterocycles. The molecule has 8 nitrogen and oxygen atoms in total. The number of nitrogens with zero attached hydrogens (tertiary/aromatic N) is 4. The summed E-state index contributed by atoms with van der Waals surface area (Å²) in [4.78, 5) is 32.6. The Morgan fingerprint density at radius 3 is 3.10 bits per heavy atom. The second-order valence-corrected chi connectivity index (χ2v) is 7.54. The maximum Gasteiger partial charge on any atom is 0.260 e. The Morgan fingerprint density at radius 2 is 2.28 bits per heavy atom. The van der Waals surface area contributed by atoms with E-state index in [4.69, 9.17) is 0 Å². The van der Waals surface area contributed by atoms with E-state index in [2.05, 4.69) is 25.7 Å². The fraction of sp³-hybridized carbons (Fsp3) is 0.250. The molecular formula is C20H20N6O2S. The first-order valence-electron chi connectivity index (χ1n) is 9.18. The number of anilines is 2. The second-order valence-electron chi connectivity index (χ2n) is 6.68. The smallest absolute Gasteiger partial charge is 0.260 e. The Kier molecular flexibility index (Phi) is 5.22. The number of benzene rings is 1. The number of fused-ring (bicyclic) bond motifs is 1. The van der Waals surface area contributed by atoms with Crippen LogP contribution in [-0.2, 0) is 17.8 Å². The standard InChI is InChI=1S/C20H20N6O2S/c1-12-15(10-22-26(12)8-7-21-2)19(28)25-20-24-17(11-29-20)14-3-5-16-13(9-14)4-6-18(27)23-16/h3,5,7,9-11H,4,6,8H2,1-2H3,(H,23,27)(H,24,25,28)/b21-7+. The average molecular weight is 408 g/mol. The topological polar surface area (TPSA) is 101 Å². The first-order valence-corrected chi connectivity index (χ1v) is 10.1. The highest BCUT2D eigenvalue weighted by Gasteiger charge is 2.18. The molecular weight excluding hydrogens is 388 g/mol. The molecule has 3 aromatic rings. The van der Waals surface area contributed by atoms with E-state index in [-0.39, 0.29) is 11.8 Å². The number of thiazole rings is 1. The van der Waals surface area contributed by atoms with Crippen molar-refractivity contribution in [2.45, 2.75) is 26.3 Å². The van der Waals surface area contributed by atoms with Crippen LogP contribution in [0.15, 0.2) is 34.8 Å². The molecule has 0 fully saturated rings. The molecule has 2 N–H and O–H groups in total. The van der Waals surface area contributed by atoms with Gasteiger partial charge in [0.25, 0.3) is 5.91 Å². The Balaban J connectivity index is 1.49. The van der Waals surface area contributed by atoms with E-state index >= 15 is 0 Å². The zero-order chi connectivity index (χ0) is 20.4. The lowest BCUT2D eigenvalue weighted by Crippen LogP contribution is -2.18. The van der Waals surface area contributed by atoms with Crippen LogP contribution in [0.4, 0.5) is 10.8 Å². The average Bonchev–Trinajstić information content (AvgIpc) is 3.32. The van der Waals surface area contributed by atoms with Gasteiger partial charge in [0.05, 0.1) is 24.0 Å². The molecule has 1 aliphatic rings. The molecule has 0 saturated heterocycles. The first-order chi connectivity index (χ1) is 14.0. The van der Waals surface area contributed by atoms with Gasteiger partial charge in [0.15, 0.2) is 5.13 Å². The summed E-state index contributed by atoms with van der Waals surface area (Å²) in [5, 5.41) is 12.4. The van der Waals surface area contributed by atoms with Gasteiger partial charge in [0, 0.05) is 42.0 Å². The Morgan fingerprint density at radius 1 is 1.41 bits per heavy atom. The third-order valence-electron chi connectivity index (χ3n) is 4.81. The van der Waals surface area contributed by atoms with Crippen LogP contribution < -0.4 is 10.6 Å². The quantitative estimate of drug-likeness (QED) is 0.633. The zero-order valence-electron chi connectivity index (χ0n) is 16.1. The van der Waals surface area contributed by atoms with Crippen molar-refractivity contribution in [1.82, 2.24) is 14.8 Å². The monoisotopic (exact) mass is 408 g/mol. The zero-order valence-corrected chi connectivity index (χ0v) is 16.9. The number of carbonyl (C=O) groups excluding carboxylic acids is 2. The lowest BCUT2D eigenvalue weighted by Gasteiger charge is -2.17. The van der Waals surface area contributed by atoms with Crippen LogP contribution in [0.3, 0.4) is 0 Å². The molecule has 3 heterocycles. The van der Waals surface area contributed by atoms with Gasteiger partial charge < -0.3 is 5.32 Å². The summed E-state index contributed by atoms with van der Waals surface area (Å²) in [6.45, 7) is 2.38. The highest BCUT2D eigenvalue weighted by molar-refractivity contribution is 7.14. The van der Waals surface area contributed by atoms with Gasteiger partial charge in [-0.3, -0.25) is 24.6 Å². The largest absolute Gasteiger partial charge is 0.326 e. The Bertz CT molecular complexity index is 1110. The molecule has 0 spiro atoms. The Hall–Kier alpha value is -3.33. The Labute approximate surface area is 171 Å². The van der Waals surface area contributed by atoms with Gasteiger partial charge in [0.1, 0.15) is 0 Å². The molecule has 0 radical (unpaired) electrons. The molecule has 1 aliphatic heterocycles. The number of carbonyl (C=O) groups is 2. The summed E-state index contributed by atoms with van der Waals surface area (Å²) >= 11 is 1.37. The summed E-state index contributed by atoms with van der Waals surface area (Å²) in [5.74, 6) is -0.194. The van der Waals surface area contributed by atoms with Crippen LogP contribution in [0, 0.1) is 6.92 Å². The van der Waals surface area contributed by atoms with E-state index in [1.165, 1.54) is 11.3 Å². The SMILES string of the molecule is C/N=C/Cn1ncc(C(=O)Nc2nc(-c3ccc4c(c3)CCC(=O)N4)cs2)c1C. The van der Waals surface area contributed by atoms with Crippen LogP contribution in [0.5, 0.6) is 0 Å². The number of aliphatic imine (C=N–C) groups is 1. The molecule has 0 aliphatic carbocycles. The van der Waals surface area contributed by atoms with Crippen LogP contribution in [0.1, 0.15) is 28.0 Å². The van der Waals surface area contributed by atoms with E-state index in [9.17, 15) is 9.59 Å². The van der Waals surface area contributed by atoms with Crippen molar-refractivity contribution in [3.05, 3.63) is 46.6 Å². The maximum absolute atomic E-state index is 12.6. The summed E-state index contributed by atoms with van der Waals surface area (Å²) in [6, 6.07) is 5.87. The molecule has 0 atom stereocenters. The second kappa shape index (κ2) is 7.96. The van der Waals surface area contributed by atoms with Crippen molar-refractivity contribution in [3.8, 4) is 11.3 Å². The van der Waals surface area contributed by atoms with Gasteiger partial charge in [-0.1, -0.05) is 6.07 Å². The highest BCUT2D eigenvalue weighted by atomic mass is 32.1. The van der Waals surface area contributed by atoms with E-state index in [0.29, 0.717) is 23.7 Å². The number of nitrogens with one attached hydrogen (secondary N) is 2. The van der Waals surface area contributed by atoms with E-state index in [0.717, 1.165) is 34.6 Å². The molecule has 148 valence electrons. The minimum Gasteiger partial charge on any atom is -0.326 e. The predicted octanol–water partition coefficient (Wildman–Crippen LogP) is 3.15. The summed E-state index contributed by atoms with van der Waals surface area (Å²) < 4.78 is 1.72. The molecule has 9 heteroatoms. The van der Waals surface area contributed by atoms with Gasteiger partial charge >= 0.3 is 0 Å². The van der Waals surface area contributed by atoms with Crippen LogP contribution >= 0.6 is 11.3 Å². The number of hydrogen-bond donors (Lipinski definition) is 2. The molecule has 4 rings (SSSR count). The maximum atomic E-state index is 12.6. The van der Waals surface area contributed by atoms with Gasteiger partial charge in [-0.2, -0.15) is 5.10 Å². The van der Waals surface area contributed by atoms with Gasteiger partial charge in [-0.25, -0.2) is 4.98 Å². The van der Waals surface area contributed by atoms with E-state index in [1.54, 1.807) is 24.1 Å². The molecule has 0 saturated carbocycles. The van der Waals surface area contributed by atoms with Gasteiger partial charge in [-0.05, 0) is 31.0 Å². The van der Waals surface area contributed by atoms with Gasteiger partial charge in [-0.15, -0.1) is 11.3 Å². The molecule has 29 heavy (non-hydrogen) atoms. The fourth-order valence-electron chi connectivity index (χ4n) is 3.18. The van der Waals surface area contributed by atoms with Crippen molar-refractivity contribution < 1.29 is 9.59 Å². The van der Waals surface area contributed by atoms with Crippen LogP contribution in [0.25, 0.3) is 11.3 Å².